The minimum Gasteiger partial charge on any atom is -0.343 e. The van der Waals surface area contributed by atoms with Crippen molar-refractivity contribution in [1.29, 1.82) is 0 Å². The average Bonchev–Trinajstić information content (AvgIpc) is 2.84. The zero-order valence-electron chi connectivity index (χ0n) is 13.2. The number of hydrogen-bond acceptors (Lipinski definition) is 2. The maximum absolute atomic E-state index is 12.9. The zero-order valence-corrected chi connectivity index (χ0v) is 13.2. The first-order valence-corrected chi connectivity index (χ1v) is 8.31. The molecule has 1 atom stereocenters. The summed E-state index contributed by atoms with van der Waals surface area (Å²) in [5.41, 5.74) is 2.96. The minimum atomic E-state index is 0.0687. The highest BCUT2D eigenvalue weighted by molar-refractivity contribution is 5.85. The van der Waals surface area contributed by atoms with Crippen LogP contribution in [-0.2, 0) is 10.2 Å². The zero-order chi connectivity index (χ0) is 14.9. The van der Waals surface area contributed by atoms with E-state index in [1.54, 1.807) is 0 Å². The molecule has 0 saturated carbocycles. The Hall–Kier alpha value is -1.35. The number of carbonyl (C=O) groups excluding carboxylic acids is 1. The van der Waals surface area contributed by atoms with E-state index >= 15 is 0 Å². The Kier molecular flexibility index (Phi) is 4.03. The monoisotopic (exact) mass is 286 g/mol. The molecule has 1 aromatic carbocycles. The number of nitrogens with one attached hydrogen (secondary N) is 1. The molecule has 0 unspecified atom stereocenters. The molecule has 1 aromatic rings. The second kappa shape index (κ2) is 5.80. The Bertz CT molecular complexity index is 516. The molecular formula is C18H26N2O. The number of amides is 1. The van der Waals surface area contributed by atoms with Gasteiger partial charge in [0.05, 0.1) is 5.92 Å². The first kappa shape index (κ1) is 14.6. The molecular weight excluding hydrogens is 260 g/mol. The molecule has 1 amide bonds. The molecule has 1 aliphatic heterocycles. The number of hydrogen-bond donors (Lipinski definition) is 1. The first-order valence-electron chi connectivity index (χ1n) is 8.31. The predicted octanol–water partition coefficient (Wildman–Crippen LogP) is 2.66. The van der Waals surface area contributed by atoms with Gasteiger partial charge in [0.2, 0.25) is 5.91 Å². The summed E-state index contributed by atoms with van der Waals surface area (Å²) in [5.74, 6) is 0.391. The van der Waals surface area contributed by atoms with Gasteiger partial charge in [-0.2, -0.15) is 0 Å². The summed E-state index contributed by atoms with van der Waals surface area (Å²) < 4.78 is 0. The molecule has 1 N–H and O–H groups in total. The largest absolute Gasteiger partial charge is 0.343 e. The minimum absolute atomic E-state index is 0.0687. The maximum atomic E-state index is 12.9. The van der Waals surface area contributed by atoms with Crippen LogP contribution in [0.1, 0.15) is 50.2 Å². The SMILES string of the molecule is CCN(CC)C(=O)[C@H]1CC2(CCNCC2)c2ccccc21. The lowest BCUT2D eigenvalue weighted by Crippen LogP contribution is -2.39. The number of fused-ring (bicyclic) bond motifs is 2. The molecule has 0 aromatic heterocycles. The van der Waals surface area contributed by atoms with E-state index in [9.17, 15) is 4.79 Å². The van der Waals surface area contributed by atoms with Crippen LogP contribution < -0.4 is 5.32 Å². The number of nitrogens with zero attached hydrogens (tertiary/aromatic N) is 1. The van der Waals surface area contributed by atoms with E-state index in [1.807, 2.05) is 4.90 Å². The fraction of sp³-hybridized carbons (Fsp3) is 0.611. The summed E-state index contributed by atoms with van der Waals surface area (Å²) in [6, 6.07) is 8.66. The smallest absolute Gasteiger partial charge is 0.230 e. The predicted molar refractivity (Wildman–Crippen MR) is 85.5 cm³/mol. The van der Waals surface area contributed by atoms with Crippen molar-refractivity contribution in [2.75, 3.05) is 26.2 Å². The van der Waals surface area contributed by atoms with E-state index in [0.29, 0.717) is 5.91 Å². The Balaban J connectivity index is 1.96. The van der Waals surface area contributed by atoms with Crippen molar-refractivity contribution in [3.8, 4) is 0 Å². The van der Waals surface area contributed by atoms with Gasteiger partial charge in [-0.05, 0) is 62.7 Å². The summed E-state index contributed by atoms with van der Waals surface area (Å²) in [5, 5.41) is 3.46. The number of rotatable bonds is 3. The fourth-order valence-corrected chi connectivity index (χ4v) is 4.25. The molecule has 3 rings (SSSR count). The van der Waals surface area contributed by atoms with Crippen molar-refractivity contribution in [2.24, 2.45) is 0 Å². The summed E-state index contributed by atoms with van der Waals surface area (Å²) in [6.07, 6.45) is 3.32. The van der Waals surface area contributed by atoms with Crippen molar-refractivity contribution in [3.05, 3.63) is 35.4 Å². The number of carbonyl (C=O) groups is 1. The van der Waals surface area contributed by atoms with E-state index in [2.05, 4.69) is 43.4 Å². The second-order valence-electron chi connectivity index (χ2n) is 6.38. The Morgan fingerprint density at radius 2 is 1.90 bits per heavy atom. The van der Waals surface area contributed by atoms with Crippen LogP contribution in [0.5, 0.6) is 0 Å². The van der Waals surface area contributed by atoms with E-state index in [0.717, 1.165) is 45.4 Å². The molecule has 3 nitrogen and oxygen atoms in total. The molecule has 2 aliphatic rings. The van der Waals surface area contributed by atoms with E-state index in [-0.39, 0.29) is 11.3 Å². The van der Waals surface area contributed by atoms with E-state index in [1.165, 1.54) is 11.1 Å². The normalized spacial score (nSPS) is 23.0. The highest BCUT2D eigenvalue weighted by Crippen LogP contribution is 2.51. The third kappa shape index (κ3) is 2.38. The molecule has 1 fully saturated rings. The lowest BCUT2D eigenvalue weighted by Gasteiger charge is -2.35. The molecule has 1 spiro atoms. The lowest BCUT2D eigenvalue weighted by molar-refractivity contribution is -0.132. The molecule has 1 aliphatic carbocycles. The van der Waals surface area contributed by atoms with Gasteiger partial charge in [0, 0.05) is 13.1 Å². The van der Waals surface area contributed by atoms with Gasteiger partial charge in [0.15, 0.2) is 0 Å². The van der Waals surface area contributed by atoms with Crippen molar-refractivity contribution in [1.82, 2.24) is 10.2 Å². The Labute approximate surface area is 127 Å². The fourth-order valence-electron chi connectivity index (χ4n) is 4.25. The number of likely N-dealkylation sites (N-methyl/N-ethyl adjacent to an activating group) is 1. The van der Waals surface area contributed by atoms with Crippen LogP contribution >= 0.6 is 0 Å². The molecule has 0 radical (unpaired) electrons. The first-order chi connectivity index (χ1) is 10.2. The molecule has 0 bridgehead atoms. The molecule has 21 heavy (non-hydrogen) atoms. The quantitative estimate of drug-likeness (QED) is 0.926. The van der Waals surface area contributed by atoms with Crippen molar-refractivity contribution >= 4 is 5.91 Å². The topological polar surface area (TPSA) is 32.3 Å². The van der Waals surface area contributed by atoms with Gasteiger partial charge in [-0.25, -0.2) is 0 Å². The summed E-state index contributed by atoms with van der Waals surface area (Å²) in [4.78, 5) is 14.9. The highest BCUT2D eigenvalue weighted by atomic mass is 16.2. The second-order valence-corrected chi connectivity index (χ2v) is 6.38. The molecule has 1 saturated heterocycles. The van der Waals surface area contributed by atoms with E-state index < -0.39 is 0 Å². The highest BCUT2D eigenvalue weighted by Gasteiger charge is 2.46. The number of benzene rings is 1. The van der Waals surface area contributed by atoms with Crippen molar-refractivity contribution < 1.29 is 4.79 Å². The van der Waals surface area contributed by atoms with Crippen molar-refractivity contribution in [2.45, 2.75) is 44.4 Å². The summed E-state index contributed by atoms with van der Waals surface area (Å²) in [7, 11) is 0. The van der Waals surface area contributed by atoms with Gasteiger partial charge in [-0.15, -0.1) is 0 Å². The van der Waals surface area contributed by atoms with Crippen LogP contribution in [0.15, 0.2) is 24.3 Å². The maximum Gasteiger partial charge on any atom is 0.230 e. The van der Waals surface area contributed by atoms with Gasteiger partial charge >= 0.3 is 0 Å². The van der Waals surface area contributed by atoms with Gasteiger partial charge in [-0.3, -0.25) is 4.79 Å². The van der Waals surface area contributed by atoms with Gasteiger partial charge in [-0.1, -0.05) is 24.3 Å². The van der Waals surface area contributed by atoms with Crippen LogP contribution in [0.4, 0.5) is 0 Å². The lowest BCUT2D eigenvalue weighted by atomic mass is 9.74. The van der Waals surface area contributed by atoms with Crippen molar-refractivity contribution in [3.63, 3.8) is 0 Å². The molecule has 3 heteroatoms. The van der Waals surface area contributed by atoms with E-state index in [4.69, 9.17) is 0 Å². The van der Waals surface area contributed by atoms with Gasteiger partial charge < -0.3 is 10.2 Å². The third-order valence-corrected chi connectivity index (χ3v) is 5.44. The van der Waals surface area contributed by atoms with Crippen LogP contribution in [0.25, 0.3) is 0 Å². The van der Waals surface area contributed by atoms with Crippen LogP contribution in [-0.4, -0.2) is 37.0 Å². The van der Waals surface area contributed by atoms with Crippen LogP contribution in [0.2, 0.25) is 0 Å². The van der Waals surface area contributed by atoms with Crippen LogP contribution in [0, 0.1) is 0 Å². The Morgan fingerprint density at radius 1 is 1.24 bits per heavy atom. The van der Waals surface area contributed by atoms with Gasteiger partial charge in [0.1, 0.15) is 0 Å². The molecule has 114 valence electrons. The average molecular weight is 286 g/mol. The third-order valence-electron chi connectivity index (χ3n) is 5.44. The number of piperidine rings is 1. The summed E-state index contributed by atoms with van der Waals surface area (Å²) >= 11 is 0. The standard InChI is InChI=1S/C18H26N2O/c1-3-20(4-2)17(21)15-13-18(9-11-19-12-10-18)16-8-6-5-7-14(15)16/h5-8,15,19H,3-4,9-13H2,1-2H3/t15-/m0/s1. The van der Waals surface area contributed by atoms with Crippen LogP contribution in [0.3, 0.4) is 0 Å². The van der Waals surface area contributed by atoms with Gasteiger partial charge in [0.25, 0.3) is 0 Å². The molecule has 1 heterocycles. The Morgan fingerprint density at radius 3 is 2.57 bits per heavy atom. The summed E-state index contributed by atoms with van der Waals surface area (Å²) in [6.45, 7) is 7.90.